The van der Waals surface area contributed by atoms with Gasteiger partial charge in [-0.1, -0.05) is 38.0 Å². The predicted octanol–water partition coefficient (Wildman–Crippen LogP) is 6.49. The summed E-state index contributed by atoms with van der Waals surface area (Å²) < 4.78 is 11.0. The molecule has 0 radical (unpaired) electrons. The molecule has 0 atom stereocenters. The van der Waals surface area contributed by atoms with Crippen LogP contribution in [0.15, 0.2) is 54.6 Å². The number of ether oxygens (including phenoxy) is 2. The van der Waals surface area contributed by atoms with Gasteiger partial charge in [0.1, 0.15) is 5.75 Å². The number of hydrogen-bond donors (Lipinski definition) is 1. The Bertz CT molecular complexity index is 655. The molecule has 4 nitrogen and oxygen atoms in total. The second-order valence-corrected chi connectivity index (χ2v) is 6.96. The molecule has 0 aliphatic rings. The zero-order valence-electron chi connectivity index (χ0n) is 17.0. The fourth-order valence-corrected chi connectivity index (χ4v) is 2.85. The molecule has 0 unspecified atom stereocenters. The molecule has 0 bridgehead atoms. The third-order valence-electron chi connectivity index (χ3n) is 4.47. The summed E-state index contributed by atoms with van der Waals surface area (Å²) >= 11 is 0. The molecular weight excluding hydrogens is 350 g/mol. The van der Waals surface area contributed by atoms with Crippen LogP contribution in [0.2, 0.25) is 0 Å². The molecule has 0 fully saturated rings. The highest BCUT2D eigenvalue weighted by molar-refractivity contribution is 5.69. The Labute approximate surface area is 169 Å². The van der Waals surface area contributed by atoms with Crippen molar-refractivity contribution >= 4 is 17.3 Å². The predicted molar refractivity (Wildman–Crippen MR) is 115 cm³/mol. The van der Waals surface area contributed by atoms with Crippen molar-refractivity contribution in [3.05, 3.63) is 54.6 Å². The molecule has 2 aromatic carbocycles. The van der Waals surface area contributed by atoms with Gasteiger partial charge in [-0.25, -0.2) is 0 Å². The van der Waals surface area contributed by atoms with E-state index in [-0.39, 0.29) is 5.97 Å². The van der Waals surface area contributed by atoms with E-state index >= 15 is 0 Å². The number of nitrogens with one attached hydrogen (secondary N) is 1. The van der Waals surface area contributed by atoms with Crippen LogP contribution in [0.25, 0.3) is 0 Å². The van der Waals surface area contributed by atoms with E-state index in [0.717, 1.165) is 62.1 Å². The van der Waals surface area contributed by atoms with Crippen molar-refractivity contribution in [3.63, 3.8) is 0 Å². The van der Waals surface area contributed by atoms with Gasteiger partial charge in [0.25, 0.3) is 0 Å². The van der Waals surface area contributed by atoms with Gasteiger partial charge in [0.15, 0.2) is 0 Å². The summed E-state index contributed by atoms with van der Waals surface area (Å²) in [7, 11) is 0. The average Bonchev–Trinajstić information content (AvgIpc) is 2.72. The van der Waals surface area contributed by atoms with Crippen molar-refractivity contribution in [2.75, 3.05) is 18.5 Å². The molecular formula is C24H33NO3. The first kappa shape index (κ1) is 21.8. The molecule has 28 heavy (non-hydrogen) atoms. The minimum absolute atomic E-state index is 0.0537. The quantitative estimate of drug-likeness (QED) is 0.299. The van der Waals surface area contributed by atoms with E-state index in [4.69, 9.17) is 9.47 Å². The molecule has 0 spiro atoms. The SMILES string of the molecule is CCCCCC(=O)OCCCCCCOc1ccc(Nc2ccccc2)cc1. The number of rotatable bonds is 14. The van der Waals surface area contributed by atoms with Gasteiger partial charge in [0.2, 0.25) is 0 Å². The fourth-order valence-electron chi connectivity index (χ4n) is 2.85. The van der Waals surface area contributed by atoms with Gasteiger partial charge >= 0.3 is 5.97 Å². The number of anilines is 2. The lowest BCUT2D eigenvalue weighted by Crippen LogP contribution is -2.05. The Morgan fingerprint density at radius 3 is 2.18 bits per heavy atom. The number of carbonyl (C=O) groups is 1. The molecule has 2 aromatic rings. The summed E-state index contributed by atoms with van der Waals surface area (Å²) in [6.07, 6.45) is 7.81. The van der Waals surface area contributed by atoms with Crippen LogP contribution in [0, 0.1) is 0 Å². The summed E-state index contributed by atoms with van der Waals surface area (Å²) in [6.45, 7) is 3.39. The topological polar surface area (TPSA) is 47.6 Å². The van der Waals surface area contributed by atoms with Gasteiger partial charge in [-0.05, 0) is 68.5 Å². The third-order valence-corrected chi connectivity index (χ3v) is 4.47. The van der Waals surface area contributed by atoms with Crippen LogP contribution in [0.4, 0.5) is 11.4 Å². The summed E-state index contributed by atoms with van der Waals surface area (Å²) in [5.74, 6) is 0.835. The number of benzene rings is 2. The van der Waals surface area contributed by atoms with Crippen LogP contribution in [0.1, 0.15) is 58.3 Å². The lowest BCUT2D eigenvalue weighted by atomic mass is 10.2. The van der Waals surface area contributed by atoms with E-state index in [1.165, 1.54) is 0 Å². The number of carbonyl (C=O) groups excluding carboxylic acids is 1. The standard InChI is InChI=1S/C24H33NO3/c1-2-3-7-14-24(26)28-20-11-5-4-10-19-27-23-17-15-22(16-18-23)25-21-12-8-6-9-13-21/h6,8-9,12-13,15-18,25H,2-5,7,10-11,14,19-20H2,1H3. The van der Waals surface area contributed by atoms with Crippen molar-refractivity contribution in [2.24, 2.45) is 0 Å². The second kappa shape index (κ2) is 13.6. The first-order valence-corrected chi connectivity index (χ1v) is 10.5. The fraction of sp³-hybridized carbons (Fsp3) is 0.458. The molecule has 0 heterocycles. The molecule has 0 saturated heterocycles. The Hall–Kier alpha value is -2.49. The monoisotopic (exact) mass is 383 g/mol. The van der Waals surface area contributed by atoms with E-state index in [0.29, 0.717) is 19.6 Å². The Morgan fingerprint density at radius 2 is 1.46 bits per heavy atom. The number of para-hydroxylation sites is 1. The number of unbranched alkanes of at least 4 members (excludes halogenated alkanes) is 5. The molecule has 0 aromatic heterocycles. The Kier molecular flexibility index (Phi) is 10.6. The summed E-state index contributed by atoms with van der Waals surface area (Å²) in [5, 5.41) is 3.36. The Balaban J connectivity index is 1.49. The normalized spacial score (nSPS) is 10.5. The molecule has 0 amide bonds. The summed E-state index contributed by atoms with van der Waals surface area (Å²) in [5.41, 5.74) is 2.12. The van der Waals surface area contributed by atoms with Gasteiger partial charge in [-0.15, -0.1) is 0 Å². The molecule has 0 saturated carbocycles. The van der Waals surface area contributed by atoms with Crippen LogP contribution in [0.3, 0.4) is 0 Å². The number of esters is 1. The van der Waals surface area contributed by atoms with Gasteiger partial charge in [0.05, 0.1) is 13.2 Å². The van der Waals surface area contributed by atoms with Gasteiger partial charge in [0, 0.05) is 17.8 Å². The molecule has 4 heteroatoms. The van der Waals surface area contributed by atoms with Gasteiger partial charge < -0.3 is 14.8 Å². The first-order valence-electron chi connectivity index (χ1n) is 10.5. The highest BCUT2D eigenvalue weighted by Gasteiger charge is 2.02. The third kappa shape index (κ3) is 9.45. The smallest absolute Gasteiger partial charge is 0.305 e. The summed E-state index contributed by atoms with van der Waals surface area (Å²) in [6, 6.07) is 18.1. The van der Waals surface area contributed by atoms with E-state index in [2.05, 4.69) is 12.2 Å². The zero-order chi connectivity index (χ0) is 19.9. The van der Waals surface area contributed by atoms with Crippen molar-refractivity contribution in [1.82, 2.24) is 0 Å². The Morgan fingerprint density at radius 1 is 0.786 bits per heavy atom. The van der Waals surface area contributed by atoms with E-state index in [1.807, 2.05) is 54.6 Å². The molecule has 1 N–H and O–H groups in total. The van der Waals surface area contributed by atoms with Crippen molar-refractivity contribution in [1.29, 1.82) is 0 Å². The lowest BCUT2D eigenvalue weighted by molar-refractivity contribution is -0.143. The molecule has 0 aliphatic carbocycles. The average molecular weight is 384 g/mol. The maximum Gasteiger partial charge on any atom is 0.305 e. The largest absolute Gasteiger partial charge is 0.494 e. The minimum Gasteiger partial charge on any atom is -0.494 e. The first-order chi connectivity index (χ1) is 13.8. The highest BCUT2D eigenvalue weighted by atomic mass is 16.5. The lowest BCUT2D eigenvalue weighted by Gasteiger charge is -2.09. The van der Waals surface area contributed by atoms with Crippen LogP contribution in [0.5, 0.6) is 5.75 Å². The highest BCUT2D eigenvalue weighted by Crippen LogP contribution is 2.20. The molecule has 2 rings (SSSR count). The minimum atomic E-state index is -0.0537. The number of hydrogen-bond acceptors (Lipinski definition) is 4. The summed E-state index contributed by atoms with van der Waals surface area (Å²) in [4.78, 5) is 11.5. The van der Waals surface area contributed by atoms with E-state index in [1.54, 1.807) is 0 Å². The maximum atomic E-state index is 11.5. The van der Waals surface area contributed by atoms with Gasteiger partial charge in [-0.2, -0.15) is 0 Å². The molecule has 152 valence electrons. The van der Waals surface area contributed by atoms with E-state index < -0.39 is 0 Å². The van der Waals surface area contributed by atoms with E-state index in [9.17, 15) is 4.79 Å². The second-order valence-electron chi connectivity index (χ2n) is 6.96. The van der Waals surface area contributed by atoms with Crippen LogP contribution < -0.4 is 10.1 Å². The van der Waals surface area contributed by atoms with Crippen LogP contribution in [-0.2, 0) is 9.53 Å². The van der Waals surface area contributed by atoms with Crippen molar-refractivity contribution in [3.8, 4) is 5.75 Å². The van der Waals surface area contributed by atoms with Crippen molar-refractivity contribution < 1.29 is 14.3 Å². The van der Waals surface area contributed by atoms with Crippen molar-refractivity contribution in [2.45, 2.75) is 58.3 Å². The van der Waals surface area contributed by atoms with Crippen LogP contribution in [-0.4, -0.2) is 19.2 Å². The molecule has 0 aliphatic heterocycles. The van der Waals surface area contributed by atoms with Crippen LogP contribution >= 0.6 is 0 Å². The maximum absolute atomic E-state index is 11.5. The van der Waals surface area contributed by atoms with Gasteiger partial charge in [-0.3, -0.25) is 4.79 Å². The zero-order valence-corrected chi connectivity index (χ0v) is 17.0.